The van der Waals surface area contributed by atoms with Gasteiger partial charge in [0.25, 0.3) is 5.76 Å². The molecule has 0 saturated carbocycles. The summed E-state index contributed by atoms with van der Waals surface area (Å²) in [6.07, 6.45) is -4.97. The van der Waals surface area contributed by atoms with E-state index in [9.17, 15) is 23.1 Å². The van der Waals surface area contributed by atoms with E-state index in [1.54, 1.807) is 32.0 Å². The molecule has 3 N–H and O–H groups in total. The lowest BCUT2D eigenvalue weighted by molar-refractivity contribution is -1.02. The van der Waals surface area contributed by atoms with E-state index in [1.165, 1.54) is 17.0 Å². The van der Waals surface area contributed by atoms with Crippen LogP contribution < -0.4 is 20.0 Å². The van der Waals surface area contributed by atoms with E-state index >= 15 is 0 Å². The van der Waals surface area contributed by atoms with Crippen molar-refractivity contribution >= 4 is 11.0 Å². The van der Waals surface area contributed by atoms with Gasteiger partial charge in [-0.2, -0.15) is 13.2 Å². The lowest BCUT2D eigenvalue weighted by Gasteiger charge is -2.29. The van der Waals surface area contributed by atoms with E-state index in [-0.39, 0.29) is 34.6 Å². The van der Waals surface area contributed by atoms with E-state index in [4.69, 9.17) is 9.15 Å². The van der Waals surface area contributed by atoms with Crippen molar-refractivity contribution in [2.45, 2.75) is 33.5 Å². The Balaban J connectivity index is 1.83. The molecule has 1 saturated heterocycles. The summed E-state index contributed by atoms with van der Waals surface area (Å²) >= 11 is 0. The second kappa shape index (κ2) is 9.31. The van der Waals surface area contributed by atoms with Gasteiger partial charge in [0.2, 0.25) is 11.2 Å². The van der Waals surface area contributed by atoms with Crippen LogP contribution in [-0.4, -0.2) is 37.8 Å². The van der Waals surface area contributed by atoms with Crippen LogP contribution in [0.15, 0.2) is 39.5 Å². The summed E-state index contributed by atoms with van der Waals surface area (Å²) in [5, 5.41) is 10.4. The van der Waals surface area contributed by atoms with Crippen LogP contribution in [0.5, 0.6) is 17.2 Å². The number of quaternary nitrogens is 2. The van der Waals surface area contributed by atoms with Crippen LogP contribution in [0.2, 0.25) is 0 Å². The zero-order valence-electron chi connectivity index (χ0n) is 19.4. The topological polar surface area (TPSA) is 68.5 Å². The molecule has 0 aliphatic carbocycles. The molecule has 34 heavy (non-hydrogen) atoms. The van der Waals surface area contributed by atoms with Gasteiger partial charge in [0.05, 0.1) is 17.5 Å². The van der Waals surface area contributed by atoms with Crippen molar-refractivity contribution in [3.63, 3.8) is 0 Å². The third-order valence-electron chi connectivity index (χ3n) is 6.50. The quantitative estimate of drug-likeness (QED) is 0.526. The van der Waals surface area contributed by atoms with Gasteiger partial charge in [-0.3, -0.25) is 4.79 Å². The van der Waals surface area contributed by atoms with E-state index in [2.05, 4.69) is 6.92 Å². The number of rotatable bonds is 5. The molecule has 0 spiro atoms. The minimum atomic E-state index is -4.97. The molecule has 182 valence electrons. The number of ether oxygens (including phenoxy) is 1. The highest BCUT2D eigenvalue weighted by Crippen LogP contribution is 2.40. The van der Waals surface area contributed by atoms with Crippen LogP contribution in [0.25, 0.3) is 11.0 Å². The van der Waals surface area contributed by atoms with Crippen molar-refractivity contribution in [2.75, 3.05) is 32.7 Å². The number of phenols is 1. The number of nitrogens with one attached hydrogen (secondary N) is 2. The smallest absolute Gasteiger partial charge is 0.453 e. The number of phenolic OH excluding ortho intramolecular Hbond substituents is 1. The summed E-state index contributed by atoms with van der Waals surface area (Å²) < 4.78 is 53.0. The molecule has 2 heterocycles. The fraction of sp³-hybridized carbons (Fsp3) is 0.400. The number of aryl methyl sites for hydroxylation is 2. The Bertz CT molecular complexity index is 1260. The highest BCUT2D eigenvalue weighted by Gasteiger charge is 2.41. The van der Waals surface area contributed by atoms with Crippen molar-refractivity contribution < 1.29 is 37.2 Å². The summed E-state index contributed by atoms with van der Waals surface area (Å²) in [5.74, 6) is -2.45. The van der Waals surface area contributed by atoms with Crippen molar-refractivity contribution in [3.05, 3.63) is 63.0 Å². The van der Waals surface area contributed by atoms with Gasteiger partial charge in [-0.25, -0.2) is 0 Å². The summed E-state index contributed by atoms with van der Waals surface area (Å²) in [6.45, 7) is 10.3. The molecule has 9 heteroatoms. The van der Waals surface area contributed by atoms with Crippen molar-refractivity contribution in [3.8, 4) is 17.2 Å². The number of halogens is 3. The number of fused-ring (bicyclic) bond motifs is 1. The largest absolute Gasteiger partial charge is 0.507 e. The predicted octanol–water partition coefficient (Wildman–Crippen LogP) is 2.23. The number of aromatic hydroxyl groups is 1. The van der Waals surface area contributed by atoms with Gasteiger partial charge >= 0.3 is 6.18 Å². The molecule has 1 fully saturated rings. The predicted molar refractivity (Wildman–Crippen MR) is 121 cm³/mol. The maximum absolute atomic E-state index is 14.0. The second-order valence-electron chi connectivity index (χ2n) is 8.93. The van der Waals surface area contributed by atoms with Gasteiger partial charge < -0.3 is 24.1 Å². The Labute approximate surface area is 195 Å². The van der Waals surface area contributed by atoms with Gasteiger partial charge in [-0.1, -0.05) is 12.1 Å². The molecule has 1 aromatic heterocycles. The Morgan fingerprint density at radius 3 is 2.38 bits per heavy atom. The number of alkyl halides is 3. The third-order valence-corrected chi connectivity index (χ3v) is 6.50. The fourth-order valence-electron chi connectivity index (χ4n) is 4.40. The first kappa shape index (κ1) is 24.1. The van der Waals surface area contributed by atoms with Crippen LogP contribution in [0, 0.1) is 13.8 Å². The number of hydrogen-bond acceptors (Lipinski definition) is 4. The average Bonchev–Trinajstić information content (AvgIpc) is 2.79. The molecule has 0 atom stereocenters. The Hall–Kier alpha value is -3.04. The number of piperazine rings is 1. The third kappa shape index (κ3) is 4.76. The molecule has 6 nitrogen and oxygen atoms in total. The summed E-state index contributed by atoms with van der Waals surface area (Å²) in [7, 11) is 0. The monoisotopic (exact) mass is 478 g/mol. The Morgan fingerprint density at radius 2 is 1.74 bits per heavy atom. The molecular weight excluding hydrogens is 449 g/mol. The number of benzene rings is 2. The van der Waals surface area contributed by atoms with Crippen molar-refractivity contribution in [1.29, 1.82) is 0 Å². The molecular formula is C25H29F3N2O4+2. The molecule has 0 radical (unpaired) electrons. The van der Waals surface area contributed by atoms with E-state index < -0.39 is 23.1 Å². The molecule has 1 aliphatic rings. The van der Waals surface area contributed by atoms with E-state index in [0.717, 1.165) is 43.2 Å². The van der Waals surface area contributed by atoms with E-state index in [1.807, 2.05) is 0 Å². The van der Waals surface area contributed by atoms with Crippen molar-refractivity contribution in [2.24, 2.45) is 0 Å². The van der Waals surface area contributed by atoms with Gasteiger partial charge in [0.1, 0.15) is 44.2 Å². The lowest BCUT2D eigenvalue weighted by Crippen LogP contribution is -3.27. The fourth-order valence-corrected chi connectivity index (χ4v) is 4.40. The zero-order chi connectivity index (χ0) is 24.6. The maximum Gasteiger partial charge on any atom is 0.453 e. The van der Waals surface area contributed by atoms with Gasteiger partial charge in [-0.15, -0.1) is 0 Å². The van der Waals surface area contributed by atoms with Gasteiger partial charge in [0.15, 0.2) is 5.58 Å². The molecule has 2 aromatic carbocycles. The Kier molecular flexibility index (Phi) is 6.60. The molecule has 1 aliphatic heterocycles. The van der Waals surface area contributed by atoms with Crippen LogP contribution in [0.3, 0.4) is 0 Å². The molecule has 0 unspecified atom stereocenters. The molecule has 0 bridgehead atoms. The van der Waals surface area contributed by atoms with Crippen LogP contribution in [0.4, 0.5) is 13.2 Å². The van der Waals surface area contributed by atoms with Crippen LogP contribution in [-0.2, 0) is 12.7 Å². The van der Waals surface area contributed by atoms with Crippen molar-refractivity contribution in [1.82, 2.24) is 0 Å². The van der Waals surface area contributed by atoms with Crippen LogP contribution >= 0.6 is 0 Å². The van der Waals surface area contributed by atoms with Gasteiger partial charge in [-0.05, 0) is 50.1 Å². The lowest BCUT2D eigenvalue weighted by atomic mass is 10.1. The van der Waals surface area contributed by atoms with Gasteiger partial charge in [0, 0.05) is 0 Å². The first-order chi connectivity index (χ1) is 16.1. The maximum atomic E-state index is 14.0. The van der Waals surface area contributed by atoms with Crippen LogP contribution in [0.1, 0.15) is 29.4 Å². The first-order valence-electron chi connectivity index (χ1n) is 11.4. The summed E-state index contributed by atoms with van der Waals surface area (Å²) in [4.78, 5) is 15.8. The highest BCUT2D eigenvalue weighted by atomic mass is 19.4. The minimum Gasteiger partial charge on any atom is -0.507 e. The molecule has 0 amide bonds. The first-order valence-corrected chi connectivity index (χ1v) is 11.4. The zero-order valence-corrected chi connectivity index (χ0v) is 19.4. The average molecular weight is 479 g/mol. The standard InChI is InChI=1S/C25H27F3N2O4/c1-4-29-9-11-30(12-10-29)14-18-19(31)8-7-17-21(32)23(24(25(26,27)28)34-22(17)18)33-20-13-15(2)5-6-16(20)3/h5-8,13,31H,4,9-12,14H2,1-3H3/p+2. The summed E-state index contributed by atoms with van der Waals surface area (Å²) in [6, 6.07) is 7.69. The highest BCUT2D eigenvalue weighted by molar-refractivity contribution is 5.83. The Morgan fingerprint density at radius 1 is 1.06 bits per heavy atom. The minimum absolute atomic E-state index is 0.0571. The number of hydrogen-bond donors (Lipinski definition) is 3. The normalized spacial score (nSPS) is 18.9. The summed E-state index contributed by atoms with van der Waals surface area (Å²) in [5.41, 5.74) is 0.392. The van der Waals surface area contributed by atoms with E-state index in [0.29, 0.717) is 5.56 Å². The molecule has 4 rings (SSSR count). The second-order valence-corrected chi connectivity index (χ2v) is 8.93. The molecule has 3 aromatic rings. The SMILES string of the molecule is CC[NH+]1CC[NH+](Cc2c(O)ccc3c(=O)c(Oc4cc(C)ccc4C)c(C(F)(F)F)oc23)CC1. The number of likely N-dealkylation sites (N-methyl/N-ethyl adjacent to an activating group) is 1.